The van der Waals surface area contributed by atoms with E-state index in [2.05, 4.69) is 27.0 Å². The Morgan fingerprint density at radius 2 is 1.72 bits per heavy atom. The average Bonchev–Trinajstić information content (AvgIpc) is 3.68. The van der Waals surface area contributed by atoms with Crippen molar-refractivity contribution in [1.29, 1.82) is 5.26 Å². The predicted octanol–water partition coefficient (Wildman–Crippen LogP) is 7.77. The topological polar surface area (TPSA) is 94.0 Å². The Morgan fingerprint density at radius 3 is 2.39 bits per heavy atom. The third-order valence-electron chi connectivity index (χ3n) is 5.34. The first-order valence-corrected chi connectivity index (χ1v) is 11.7. The molecule has 178 valence electrons. The summed E-state index contributed by atoms with van der Waals surface area (Å²) in [5.74, 6) is 2.63. The number of nitriles is 1. The second-order valence-electron chi connectivity index (χ2n) is 7.64. The highest BCUT2D eigenvalue weighted by atomic mass is 79.9. The van der Waals surface area contributed by atoms with Gasteiger partial charge in [0.05, 0.1) is 25.2 Å². The van der Waals surface area contributed by atoms with Crippen LogP contribution in [0.2, 0.25) is 0 Å². The SMILES string of the molecule is COc1cc(C=Nc2oc(-c3ccco3)c(-c3ccco3)c2C#N)ccc1OCc1ccc(Br)cc1. The first kappa shape index (κ1) is 23.3. The maximum atomic E-state index is 9.90. The Morgan fingerprint density at radius 1 is 0.972 bits per heavy atom. The van der Waals surface area contributed by atoms with E-state index < -0.39 is 0 Å². The first-order chi connectivity index (χ1) is 17.7. The lowest BCUT2D eigenvalue weighted by molar-refractivity contribution is 0.284. The molecule has 0 aliphatic rings. The van der Waals surface area contributed by atoms with E-state index in [0.717, 1.165) is 15.6 Å². The smallest absolute Gasteiger partial charge is 0.238 e. The zero-order valence-corrected chi connectivity index (χ0v) is 20.7. The van der Waals surface area contributed by atoms with Crippen LogP contribution in [0.15, 0.2) is 102 Å². The number of hydrogen-bond donors (Lipinski definition) is 0. The second-order valence-corrected chi connectivity index (χ2v) is 8.55. The number of furan rings is 3. The van der Waals surface area contributed by atoms with Gasteiger partial charge in [-0.15, -0.1) is 0 Å². The maximum absolute atomic E-state index is 9.90. The number of rotatable bonds is 8. The van der Waals surface area contributed by atoms with E-state index in [1.807, 2.05) is 36.4 Å². The van der Waals surface area contributed by atoms with Crippen LogP contribution < -0.4 is 9.47 Å². The third-order valence-corrected chi connectivity index (χ3v) is 5.87. The molecule has 0 spiro atoms. The molecule has 0 atom stereocenters. The van der Waals surface area contributed by atoms with E-state index in [0.29, 0.717) is 41.0 Å². The molecule has 2 aromatic carbocycles. The van der Waals surface area contributed by atoms with E-state index in [-0.39, 0.29) is 11.4 Å². The summed E-state index contributed by atoms with van der Waals surface area (Å²) in [7, 11) is 1.58. The van der Waals surface area contributed by atoms with Gasteiger partial charge in [0.15, 0.2) is 23.0 Å². The minimum Gasteiger partial charge on any atom is -0.493 e. The van der Waals surface area contributed by atoms with Crippen molar-refractivity contribution in [1.82, 2.24) is 0 Å². The number of hydrogen-bond acceptors (Lipinski definition) is 7. The maximum Gasteiger partial charge on any atom is 0.238 e. The summed E-state index contributed by atoms with van der Waals surface area (Å²) < 4.78 is 29.5. The predicted molar refractivity (Wildman–Crippen MR) is 138 cm³/mol. The van der Waals surface area contributed by atoms with Crippen LogP contribution >= 0.6 is 15.9 Å². The van der Waals surface area contributed by atoms with Crippen molar-refractivity contribution >= 4 is 28.0 Å². The van der Waals surface area contributed by atoms with E-state index in [9.17, 15) is 5.26 Å². The zero-order valence-electron chi connectivity index (χ0n) is 19.1. The van der Waals surface area contributed by atoms with Crippen LogP contribution in [0.1, 0.15) is 16.7 Å². The van der Waals surface area contributed by atoms with Gasteiger partial charge in [-0.3, -0.25) is 0 Å². The fourth-order valence-corrected chi connectivity index (χ4v) is 3.87. The highest BCUT2D eigenvalue weighted by molar-refractivity contribution is 9.10. The fourth-order valence-electron chi connectivity index (χ4n) is 3.61. The third kappa shape index (κ3) is 4.83. The molecular formula is C28H19BrN2O5. The van der Waals surface area contributed by atoms with Gasteiger partial charge in [-0.1, -0.05) is 28.1 Å². The van der Waals surface area contributed by atoms with Crippen molar-refractivity contribution in [3.05, 3.63) is 100 Å². The lowest BCUT2D eigenvalue weighted by Crippen LogP contribution is -1.98. The van der Waals surface area contributed by atoms with E-state index in [1.54, 1.807) is 43.7 Å². The molecule has 0 N–H and O–H groups in total. The Hall–Kier alpha value is -4.48. The largest absolute Gasteiger partial charge is 0.493 e. The first-order valence-electron chi connectivity index (χ1n) is 10.9. The second kappa shape index (κ2) is 10.4. The van der Waals surface area contributed by atoms with Crippen LogP contribution in [0.3, 0.4) is 0 Å². The molecule has 7 nitrogen and oxygen atoms in total. The van der Waals surface area contributed by atoms with E-state index in [4.69, 9.17) is 22.7 Å². The Labute approximate surface area is 215 Å². The number of nitrogens with zero attached hydrogens (tertiary/aromatic N) is 2. The summed E-state index contributed by atoms with van der Waals surface area (Å²) in [5.41, 5.74) is 2.50. The van der Waals surface area contributed by atoms with Crippen LogP contribution in [0.25, 0.3) is 22.8 Å². The van der Waals surface area contributed by atoms with Crippen molar-refractivity contribution < 1.29 is 22.7 Å². The minimum atomic E-state index is 0.143. The molecule has 0 aliphatic heterocycles. The van der Waals surface area contributed by atoms with Crippen LogP contribution in [0, 0.1) is 11.3 Å². The van der Waals surface area contributed by atoms with Gasteiger partial charge < -0.3 is 22.7 Å². The monoisotopic (exact) mass is 542 g/mol. The van der Waals surface area contributed by atoms with Gasteiger partial charge in [-0.25, -0.2) is 4.99 Å². The highest BCUT2D eigenvalue weighted by Crippen LogP contribution is 2.42. The number of ether oxygens (including phenoxy) is 2. The van der Waals surface area contributed by atoms with Gasteiger partial charge in [0.2, 0.25) is 5.88 Å². The van der Waals surface area contributed by atoms with Gasteiger partial charge >= 0.3 is 0 Å². The molecule has 0 saturated carbocycles. The average molecular weight is 543 g/mol. The Kier molecular flexibility index (Phi) is 6.74. The zero-order chi connectivity index (χ0) is 24.9. The molecule has 0 bridgehead atoms. The summed E-state index contributed by atoms with van der Waals surface area (Å²) in [4.78, 5) is 4.46. The van der Waals surface area contributed by atoms with Crippen LogP contribution in [0.5, 0.6) is 11.5 Å². The van der Waals surface area contributed by atoms with Crippen molar-refractivity contribution in [3.8, 4) is 40.4 Å². The molecule has 0 aliphatic carbocycles. The van der Waals surface area contributed by atoms with Gasteiger partial charge in [-0.2, -0.15) is 5.26 Å². The molecule has 3 heterocycles. The van der Waals surface area contributed by atoms with E-state index in [1.165, 1.54) is 12.5 Å². The van der Waals surface area contributed by atoms with Crippen molar-refractivity contribution in [3.63, 3.8) is 0 Å². The summed E-state index contributed by atoms with van der Waals surface area (Å²) in [6, 6.07) is 22.5. The highest BCUT2D eigenvalue weighted by Gasteiger charge is 2.26. The summed E-state index contributed by atoms with van der Waals surface area (Å²) in [5, 5.41) is 9.90. The Balaban J connectivity index is 1.43. The molecular weight excluding hydrogens is 524 g/mol. The van der Waals surface area contributed by atoms with Crippen LogP contribution in [0.4, 0.5) is 5.88 Å². The number of benzene rings is 2. The van der Waals surface area contributed by atoms with E-state index >= 15 is 0 Å². The number of aliphatic imine (C=N–C) groups is 1. The summed E-state index contributed by atoms with van der Waals surface area (Å²) in [6.07, 6.45) is 4.66. The van der Waals surface area contributed by atoms with Crippen LogP contribution in [-0.4, -0.2) is 13.3 Å². The quantitative estimate of drug-likeness (QED) is 0.186. The van der Waals surface area contributed by atoms with Gasteiger partial charge in [0.1, 0.15) is 24.0 Å². The minimum absolute atomic E-state index is 0.143. The lowest BCUT2D eigenvalue weighted by atomic mass is 10.1. The van der Waals surface area contributed by atoms with Crippen LogP contribution in [-0.2, 0) is 6.61 Å². The molecule has 0 unspecified atom stereocenters. The Bertz CT molecular complexity index is 1530. The van der Waals surface area contributed by atoms with Gasteiger partial charge in [0.25, 0.3) is 0 Å². The molecule has 36 heavy (non-hydrogen) atoms. The molecule has 5 aromatic rings. The van der Waals surface area contributed by atoms with Crippen molar-refractivity contribution in [2.75, 3.05) is 7.11 Å². The molecule has 0 saturated heterocycles. The van der Waals surface area contributed by atoms with Crippen molar-refractivity contribution in [2.24, 2.45) is 4.99 Å². The standard InChI is InChI=1S/C28H19BrN2O5/c1-32-25-14-19(8-11-22(25)35-17-18-6-9-20(29)10-7-18)16-31-28-21(15-30)26(23-4-2-12-33-23)27(36-28)24-5-3-13-34-24/h2-14,16H,17H2,1H3. The molecule has 5 rings (SSSR count). The lowest BCUT2D eigenvalue weighted by Gasteiger charge is -2.11. The molecule has 0 amide bonds. The normalized spacial score (nSPS) is 11.0. The number of methoxy groups -OCH3 is 1. The van der Waals surface area contributed by atoms with Gasteiger partial charge in [0, 0.05) is 10.7 Å². The molecule has 8 heteroatoms. The molecule has 0 radical (unpaired) electrons. The van der Waals surface area contributed by atoms with Gasteiger partial charge in [-0.05, 0) is 65.7 Å². The molecule has 0 fully saturated rings. The van der Waals surface area contributed by atoms with Crippen molar-refractivity contribution in [2.45, 2.75) is 6.61 Å². The summed E-state index contributed by atoms with van der Waals surface area (Å²) in [6.45, 7) is 0.403. The molecule has 3 aromatic heterocycles. The summed E-state index contributed by atoms with van der Waals surface area (Å²) >= 11 is 3.43. The fraction of sp³-hybridized carbons (Fsp3) is 0.0714. The number of halogens is 1.